The van der Waals surface area contributed by atoms with Crippen molar-refractivity contribution in [3.63, 3.8) is 0 Å². The van der Waals surface area contributed by atoms with Crippen LogP contribution in [0, 0.1) is 0 Å². The maximum Gasteiger partial charge on any atom is 0.224 e. The van der Waals surface area contributed by atoms with Crippen LogP contribution in [0.15, 0.2) is 24.3 Å². The summed E-state index contributed by atoms with van der Waals surface area (Å²) in [5.74, 6) is 0.0213. The molecule has 2 aromatic rings. The summed E-state index contributed by atoms with van der Waals surface area (Å²) < 4.78 is 1.85. The number of hydrogen-bond acceptors (Lipinski definition) is 2. The largest absolute Gasteiger partial charge is 0.356 e. The number of rotatable bonds is 3. The number of carbonyl (C=O) groups is 1. The fourth-order valence-electron chi connectivity index (χ4n) is 1.65. The van der Waals surface area contributed by atoms with E-state index in [4.69, 9.17) is 11.6 Å². The number of likely N-dealkylation sites (N-methyl/N-ethyl adjacent to an activating group) is 1. The second-order valence-electron chi connectivity index (χ2n) is 3.48. The van der Waals surface area contributed by atoms with E-state index in [0.717, 1.165) is 15.6 Å². The average molecular weight is 254 g/mol. The maximum atomic E-state index is 11.5. The molecule has 0 bridgehead atoms. The molecule has 0 saturated carbocycles. The molecule has 0 fully saturated rings. The van der Waals surface area contributed by atoms with Crippen LogP contribution >= 0.6 is 22.9 Å². The van der Waals surface area contributed by atoms with E-state index < -0.39 is 0 Å². The first-order chi connectivity index (χ1) is 7.72. The second kappa shape index (κ2) is 4.85. The Kier molecular flexibility index (Phi) is 3.46. The number of halogens is 1. The summed E-state index contributed by atoms with van der Waals surface area (Å²) in [6, 6.07) is 7.97. The Bertz CT molecular complexity index is 521. The first-order valence-corrected chi connectivity index (χ1v) is 6.34. The highest BCUT2D eigenvalue weighted by Gasteiger charge is 2.13. The van der Waals surface area contributed by atoms with E-state index in [1.165, 1.54) is 11.3 Å². The van der Waals surface area contributed by atoms with Gasteiger partial charge in [0.15, 0.2) is 0 Å². The summed E-state index contributed by atoms with van der Waals surface area (Å²) in [5, 5.41) is 3.87. The van der Waals surface area contributed by atoms with Crippen LogP contribution in [0.1, 0.15) is 12.5 Å². The van der Waals surface area contributed by atoms with Gasteiger partial charge in [-0.1, -0.05) is 29.8 Å². The minimum absolute atomic E-state index is 0.0213. The van der Waals surface area contributed by atoms with E-state index in [2.05, 4.69) is 5.32 Å². The molecule has 2 rings (SSSR count). The van der Waals surface area contributed by atoms with Gasteiger partial charge in [-0.3, -0.25) is 4.79 Å². The standard InChI is InChI=1S/C12H12ClNOS/c1-2-14-11(15)7-9-8-5-3-4-6-10(8)16-12(9)13/h3-6H,2,7H2,1H3,(H,14,15). The zero-order valence-corrected chi connectivity index (χ0v) is 10.5. The molecule has 1 aromatic carbocycles. The summed E-state index contributed by atoms with van der Waals surface area (Å²) >= 11 is 7.67. The van der Waals surface area contributed by atoms with Gasteiger partial charge in [-0.25, -0.2) is 0 Å². The van der Waals surface area contributed by atoms with E-state index in [0.29, 0.717) is 17.3 Å². The van der Waals surface area contributed by atoms with Crippen molar-refractivity contribution in [2.24, 2.45) is 0 Å². The normalized spacial score (nSPS) is 10.6. The molecule has 0 aliphatic heterocycles. The summed E-state index contributed by atoms with van der Waals surface area (Å²) in [5.41, 5.74) is 0.938. The lowest BCUT2D eigenvalue weighted by atomic mass is 10.1. The minimum atomic E-state index is 0.0213. The van der Waals surface area contributed by atoms with Gasteiger partial charge in [0.25, 0.3) is 0 Å². The molecule has 1 heterocycles. The van der Waals surface area contributed by atoms with E-state index in [9.17, 15) is 4.79 Å². The van der Waals surface area contributed by atoms with Gasteiger partial charge in [0.2, 0.25) is 5.91 Å². The van der Waals surface area contributed by atoms with Gasteiger partial charge in [0.1, 0.15) is 0 Å². The highest BCUT2D eigenvalue weighted by molar-refractivity contribution is 7.22. The zero-order valence-electron chi connectivity index (χ0n) is 8.92. The molecule has 1 N–H and O–H groups in total. The van der Waals surface area contributed by atoms with Crippen LogP contribution in [0.25, 0.3) is 10.1 Å². The lowest BCUT2D eigenvalue weighted by molar-refractivity contribution is -0.120. The smallest absolute Gasteiger partial charge is 0.224 e. The Morgan fingerprint density at radius 3 is 2.94 bits per heavy atom. The third-order valence-corrected chi connectivity index (χ3v) is 3.82. The molecule has 0 aliphatic rings. The first-order valence-electron chi connectivity index (χ1n) is 5.15. The average Bonchev–Trinajstić information content (AvgIpc) is 2.56. The van der Waals surface area contributed by atoms with Gasteiger partial charge in [0.05, 0.1) is 10.8 Å². The van der Waals surface area contributed by atoms with Crippen molar-refractivity contribution >= 4 is 38.9 Å². The van der Waals surface area contributed by atoms with Crippen LogP contribution in [0.2, 0.25) is 4.34 Å². The fraction of sp³-hybridized carbons (Fsp3) is 0.250. The number of thiophene rings is 1. The minimum Gasteiger partial charge on any atom is -0.356 e. The Labute approximate surface area is 103 Å². The topological polar surface area (TPSA) is 29.1 Å². The van der Waals surface area contributed by atoms with Crippen molar-refractivity contribution in [3.05, 3.63) is 34.2 Å². The molecule has 0 aliphatic carbocycles. The Hall–Kier alpha value is -1.06. The lowest BCUT2D eigenvalue weighted by Gasteiger charge is -2.01. The van der Waals surface area contributed by atoms with Gasteiger partial charge < -0.3 is 5.32 Å². The third-order valence-electron chi connectivity index (χ3n) is 2.36. The van der Waals surface area contributed by atoms with Crippen molar-refractivity contribution in [1.82, 2.24) is 5.32 Å². The number of amides is 1. The Morgan fingerprint density at radius 1 is 1.44 bits per heavy atom. The van der Waals surface area contributed by atoms with Crippen LogP contribution < -0.4 is 5.32 Å². The van der Waals surface area contributed by atoms with Crippen molar-refractivity contribution in [3.8, 4) is 0 Å². The van der Waals surface area contributed by atoms with Crippen molar-refractivity contribution in [2.45, 2.75) is 13.3 Å². The molecule has 0 saturated heterocycles. The van der Waals surface area contributed by atoms with Crippen LogP contribution in [-0.2, 0) is 11.2 Å². The van der Waals surface area contributed by atoms with Crippen LogP contribution in [0.3, 0.4) is 0 Å². The van der Waals surface area contributed by atoms with Gasteiger partial charge in [-0.2, -0.15) is 0 Å². The van der Waals surface area contributed by atoms with Crippen LogP contribution in [0.4, 0.5) is 0 Å². The highest BCUT2D eigenvalue weighted by Crippen LogP contribution is 2.35. The molecular formula is C12H12ClNOS. The molecule has 0 unspecified atom stereocenters. The first kappa shape index (κ1) is 11.4. The van der Waals surface area contributed by atoms with E-state index >= 15 is 0 Å². The fourth-order valence-corrected chi connectivity index (χ4v) is 3.02. The highest BCUT2D eigenvalue weighted by atomic mass is 35.5. The molecule has 84 valence electrons. The molecule has 0 atom stereocenters. The van der Waals surface area contributed by atoms with Gasteiger partial charge >= 0.3 is 0 Å². The number of hydrogen-bond donors (Lipinski definition) is 1. The van der Waals surface area contributed by atoms with Gasteiger partial charge in [0, 0.05) is 11.2 Å². The van der Waals surface area contributed by atoms with Crippen LogP contribution in [0.5, 0.6) is 0 Å². The predicted octanol–water partition coefficient (Wildman–Crippen LogP) is 3.23. The molecule has 1 aromatic heterocycles. The Balaban J connectivity index is 2.36. The maximum absolute atomic E-state index is 11.5. The predicted molar refractivity (Wildman–Crippen MR) is 69.2 cm³/mol. The number of fused-ring (bicyclic) bond motifs is 1. The summed E-state index contributed by atoms with van der Waals surface area (Å²) in [6.07, 6.45) is 0.358. The number of benzene rings is 1. The van der Waals surface area contributed by atoms with E-state index in [-0.39, 0.29) is 5.91 Å². The molecular weight excluding hydrogens is 242 g/mol. The molecule has 0 radical (unpaired) electrons. The van der Waals surface area contributed by atoms with Gasteiger partial charge in [-0.05, 0) is 23.9 Å². The summed E-state index contributed by atoms with van der Waals surface area (Å²) in [4.78, 5) is 11.5. The molecule has 1 amide bonds. The molecule has 4 heteroatoms. The molecule has 2 nitrogen and oxygen atoms in total. The lowest BCUT2D eigenvalue weighted by Crippen LogP contribution is -2.24. The monoisotopic (exact) mass is 253 g/mol. The quantitative estimate of drug-likeness (QED) is 0.894. The molecule has 0 spiro atoms. The van der Waals surface area contributed by atoms with Crippen LogP contribution in [-0.4, -0.2) is 12.5 Å². The molecule has 16 heavy (non-hydrogen) atoms. The summed E-state index contributed by atoms with van der Waals surface area (Å²) in [6.45, 7) is 2.56. The Morgan fingerprint density at radius 2 is 2.19 bits per heavy atom. The van der Waals surface area contributed by atoms with Gasteiger partial charge in [-0.15, -0.1) is 11.3 Å². The van der Waals surface area contributed by atoms with Crippen molar-refractivity contribution in [1.29, 1.82) is 0 Å². The van der Waals surface area contributed by atoms with Crippen molar-refractivity contribution in [2.75, 3.05) is 6.54 Å². The SMILES string of the molecule is CCNC(=O)Cc1c(Cl)sc2ccccc12. The van der Waals surface area contributed by atoms with E-state index in [1.54, 1.807) is 0 Å². The van der Waals surface area contributed by atoms with Crippen molar-refractivity contribution < 1.29 is 4.79 Å². The second-order valence-corrected chi connectivity index (χ2v) is 5.14. The number of carbonyl (C=O) groups excluding carboxylic acids is 1. The summed E-state index contributed by atoms with van der Waals surface area (Å²) in [7, 11) is 0. The third kappa shape index (κ3) is 2.20. The number of nitrogens with one attached hydrogen (secondary N) is 1. The zero-order chi connectivity index (χ0) is 11.5. The van der Waals surface area contributed by atoms with E-state index in [1.807, 2.05) is 31.2 Å².